The molecule has 21 heavy (non-hydrogen) atoms. The van der Waals surface area contributed by atoms with Crippen LogP contribution in [0.15, 0.2) is 16.5 Å². The van der Waals surface area contributed by atoms with Crippen LogP contribution in [0.1, 0.15) is 24.5 Å². The molecule has 1 unspecified atom stereocenters. The van der Waals surface area contributed by atoms with E-state index in [1.807, 2.05) is 13.0 Å². The third kappa shape index (κ3) is 2.73. The maximum absolute atomic E-state index is 9.96. The topological polar surface area (TPSA) is 58.7 Å². The van der Waals surface area contributed by atoms with Crippen LogP contribution in [0.5, 0.6) is 0 Å². The standard InChI is InChI=1S/C16H18N2O3/c1-3-4-14(19)15-10-12-16(21-15)13(9-11(2)17-12)18-5-7-20-8-6-18/h9-10,14,19H,5-8H2,1-2H3. The highest BCUT2D eigenvalue weighted by atomic mass is 16.5. The Hall–Kier alpha value is -2.03. The molecular weight excluding hydrogens is 268 g/mol. The van der Waals surface area contributed by atoms with Crippen molar-refractivity contribution in [3.8, 4) is 11.8 Å². The van der Waals surface area contributed by atoms with Gasteiger partial charge in [0.25, 0.3) is 0 Å². The number of aliphatic hydroxyl groups excluding tert-OH is 1. The molecule has 3 rings (SSSR count). The van der Waals surface area contributed by atoms with Crippen LogP contribution in [-0.2, 0) is 4.74 Å². The fraction of sp³-hybridized carbons (Fsp3) is 0.438. The number of ether oxygens (including phenoxy) is 1. The molecule has 0 radical (unpaired) electrons. The first-order valence-electron chi connectivity index (χ1n) is 7.03. The van der Waals surface area contributed by atoms with Crippen LogP contribution < -0.4 is 4.90 Å². The van der Waals surface area contributed by atoms with Crippen molar-refractivity contribution in [3.05, 3.63) is 23.6 Å². The zero-order chi connectivity index (χ0) is 14.8. The number of aromatic nitrogens is 1. The minimum atomic E-state index is -0.915. The highest BCUT2D eigenvalue weighted by Crippen LogP contribution is 2.31. The molecule has 5 nitrogen and oxygen atoms in total. The number of hydrogen-bond acceptors (Lipinski definition) is 5. The Kier molecular flexibility index (Phi) is 3.82. The number of aryl methyl sites for hydroxylation is 1. The van der Waals surface area contributed by atoms with E-state index in [9.17, 15) is 5.11 Å². The number of pyridine rings is 1. The molecule has 1 aliphatic rings. The summed E-state index contributed by atoms with van der Waals surface area (Å²) < 4.78 is 11.2. The molecule has 2 aromatic heterocycles. The molecule has 0 saturated carbocycles. The van der Waals surface area contributed by atoms with Crippen molar-refractivity contribution in [3.63, 3.8) is 0 Å². The Balaban J connectivity index is 2.07. The number of anilines is 1. The molecule has 110 valence electrons. The zero-order valence-electron chi connectivity index (χ0n) is 12.2. The van der Waals surface area contributed by atoms with E-state index in [2.05, 4.69) is 21.7 Å². The lowest BCUT2D eigenvalue weighted by atomic mass is 10.2. The van der Waals surface area contributed by atoms with Crippen LogP contribution in [-0.4, -0.2) is 36.4 Å². The van der Waals surface area contributed by atoms with Gasteiger partial charge in [0.1, 0.15) is 11.3 Å². The Morgan fingerprint density at radius 2 is 2.10 bits per heavy atom. The van der Waals surface area contributed by atoms with Crippen LogP contribution in [0, 0.1) is 18.8 Å². The highest BCUT2D eigenvalue weighted by Gasteiger charge is 2.20. The van der Waals surface area contributed by atoms with Crippen LogP contribution in [0.3, 0.4) is 0 Å². The molecule has 5 heteroatoms. The van der Waals surface area contributed by atoms with Gasteiger partial charge in [-0.15, -0.1) is 5.92 Å². The predicted molar refractivity (Wildman–Crippen MR) is 80.2 cm³/mol. The fourth-order valence-corrected chi connectivity index (χ4v) is 2.53. The summed E-state index contributed by atoms with van der Waals surface area (Å²) in [6, 6.07) is 3.78. The molecule has 0 aliphatic carbocycles. The number of furan rings is 1. The Labute approximate surface area is 123 Å². The van der Waals surface area contributed by atoms with E-state index in [1.165, 1.54) is 0 Å². The van der Waals surface area contributed by atoms with E-state index >= 15 is 0 Å². The average molecular weight is 286 g/mol. The maximum atomic E-state index is 9.96. The first kappa shape index (κ1) is 13.9. The largest absolute Gasteiger partial charge is 0.453 e. The van der Waals surface area contributed by atoms with Gasteiger partial charge in [0.05, 0.1) is 18.9 Å². The normalized spacial score (nSPS) is 16.6. The van der Waals surface area contributed by atoms with E-state index in [-0.39, 0.29) is 0 Å². The van der Waals surface area contributed by atoms with Crippen LogP contribution in [0.25, 0.3) is 11.1 Å². The van der Waals surface area contributed by atoms with Gasteiger partial charge >= 0.3 is 0 Å². The SMILES string of the molecule is CC#CC(O)c1cc2nc(C)cc(N3CCOCC3)c2o1. The summed E-state index contributed by atoms with van der Waals surface area (Å²) in [7, 11) is 0. The van der Waals surface area contributed by atoms with E-state index in [1.54, 1.807) is 13.0 Å². The van der Waals surface area contributed by atoms with Gasteiger partial charge in [-0.3, -0.25) is 0 Å². The second-order valence-electron chi connectivity index (χ2n) is 5.04. The molecule has 0 aromatic carbocycles. The molecule has 1 saturated heterocycles. The van der Waals surface area contributed by atoms with Crippen molar-refractivity contribution < 1.29 is 14.3 Å². The summed E-state index contributed by atoms with van der Waals surface area (Å²) in [4.78, 5) is 6.71. The van der Waals surface area contributed by atoms with Crippen LogP contribution in [0.2, 0.25) is 0 Å². The number of rotatable bonds is 2. The van der Waals surface area contributed by atoms with E-state index in [0.29, 0.717) is 24.6 Å². The Bertz CT molecular complexity index is 705. The van der Waals surface area contributed by atoms with Gasteiger partial charge in [-0.25, -0.2) is 4.98 Å². The first-order valence-corrected chi connectivity index (χ1v) is 7.03. The van der Waals surface area contributed by atoms with Gasteiger partial charge in [0.2, 0.25) is 0 Å². The summed E-state index contributed by atoms with van der Waals surface area (Å²) in [6.07, 6.45) is -0.915. The number of hydrogen-bond donors (Lipinski definition) is 1. The molecule has 0 bridgehead atoms. The van der Waals surface area contributed by atoms with Crippen molar-refractivity contribution in [1.29, 1.82) is 0 Å². The smallest absolute Gasteiger partial charge is 0.176 e. The summed E-state index contributed by atoms with van der Waals surface area (Å²) in [5.74, 6) is 5.82. The second kappa shape index (κ2) is 5.76. The molecular formula is C16H18N2O3. The summed E-state index contributed by atoms with van der Waals surface area (Å²) >= 11 is 0. The highest BCUT2D eigenvalue weighted by molar-refractivity contribution is 5.87. The number of nitrogens with zero attached hydrogens (tertiary/aromatic N) is 2. The quantitative estimate of drug-likeness (QED) is 0.856. The van der Waals surface area contributed by atoms with Crippen molar-refractivity contribution in [2.45, 2.75) is 20.0 Å². The maximum Gasteiger partial charge on any atom is 0.176 e. The Morgan fingerprint density at radius 3 is 2.81 bits per heavy atom. The minimum absolute atomic E-state index is 0.437. The summed E-state index contributed by atoms with van der Waals surface area (Å²) in [5, 5.41) is 9.96. The van der Waals surface area contributed by atoms with Gasteiger partial charge in [-0.1, -0.05) is 5.92 Å². The van der Waals surface area contributed by atoms with Crippen LogP contribution >= 0.6 is 0 Å². The second-order valence-corrected chi connectivity index (χ2v) is 5.04. The zero-order valence-corrected chi connectivity index (χ0v) is 12.2. The van der Waals surface area contributed by atoms with Crippen molar-refractivity contribution in [2.75, 3.05) is 31.2 Å². The average Bonchev–Trinajstić information content (AvgIpc) is 2.91. The fourth-order valence-electron chi connectivity index (χ4n) is 2.53. The lowest BCUT2D eigenvalue weighted by Crippen LogP contribution is -2.36. The molecule has 2 aromatic rings. The number of fused-ring (bicyclic) bond motifs is 1. The molecule has 3 heterocycles. The van der Waals surface area contributed by atoms with Crippen molar-refractivity contribution in [2.24, 2.45) is 0 Å². The third-order valence-electron chi connectivity index (χ3n) is 3.51. The number of aliphatic hydroxyl groups is 1. The molecule has 1 fully saturated rings. The predicted octanol–water partition coefficient (Wildman–Crippen LogP) is 2.03. The monoisotopic (exact) mass is 286 g/mol. The first-order chi connectivity index (χ1) is 10.2. The van der Waals surface area contributed by atoms with Gasteiger partial charge in [0.15, 0.2) is 11.7 Å². The van der Waals surface area contributed by atoms with Crippen LogP contribution in [0.4, 0.5) is 5.69 Å². The lowest BCUT2D eigenvalue weighted by Gasteiger charge is -2.28. The van der Waals surface area contributed by atoms with Gasteiger partial charge < -0.3 is 19.2 Å². The van der Waals surface area contributed by atoms with Gasteiger partial charge in [-0.05, 0) is 19.9 Å². The summed E-state index contributed by atoms with van der Waals surface area (Å²) in [5.41, 5.74) is 3.38. The number of morpholine rings is 1. The van der Waals surface area contributed by atoms with E-state index < -0.39 is 6.10 Å². The third-order valence-corrected chi connectivity index (χ3v) is 3.51. The Morgan fingerprint density at radius 1 is 1.33 bits per heavy atom. The molecule has 0 amide bonds. The molecule has 1 aliphatic heterocycles. The minimum Gasteiger partial charge on any atom is -0.453 e. The van der Waals surface area contributed by atoms with E-state index in [0.717, 1.165) is 30.0 Å². The molecule has 1 atom stereocenters. The summed E-state index contributed by atoms with van der Waals surface area (Å²) in [6.45, 7) is 6.71. The molecule has 0 spiro atoms. The molecule has 1 N–H and O–H groups in total. The van der Waals surface area contributed by atoms with Crippen molar-refractivity contribution in [1.82, 2.24) is 4.98 Å². The van der Waals surface area contributed by atoms with E-state index in [4.69, 9.17) is 9.15 Å². The van der Waals surface area contributed by atoms with Gasteiger partial charge in [0, 0.05) is 24.8 Å². The van der Waals surface area contributed by atoms with Gasteiger partial charge in [-0.2, -0.15) is 0 Å². The van der Waals surface area contributed by atoms with Crippen molar-refractivity contribution >= 4 is 16.8 Å². The lowest BCUT2D eigenvalue weighted by molar-refractivity contribution is 0.122.